The number of hydrogen-bond acceptors (Lipinski definition) is 4. The molecule has 1 atom stereocenters. The number of piperazine rings is 1. The molecule has 2 rings (SSSR count). The van der Waals surface area contributed by atoms with Crippen LogP contribution in [0.3, 0.4) is 0 Å². The quantitative estimate of drug-likeness (QED) is 0.897. The van der Waals surface area contributed by atoms with Gasteiger partial charge in [-0.05, 0) is 41.2 Å². The van der Waals surface area contributed by atoms with E-state index in [9.17, 15) is 0 Å². The maximum absolute atomic E-state index is 8.93. The molecule has 2 N–H and O–H groups in total. The Kier molecular flexibility index (Phi) is 4.23. The van der Waals surface area contributed by atoms with Crippen LogP contribution < -0.4 is 10.6 Å². The second-order valence-electron chi connectivity index (χ2n) is 4.62. The molecule has 0 aliphatic carbocycles. The van der Waals surface area contributed by atoms with Gasteiger partial charge in [0.15, 0.2) is 0 Å². The van der Waals surface area contributed by atoms with E-state index >= 15 is 0 Å². The third-order valence-electron chi connectivity index (χ3n) is 3.36. The molecule has 0 amide bonds. The van der Waals surface area contributed by atoms with E-state index in [0.29, 0.717) is 18.2 Å². The van der Waals surface area contributed by atoms with Crippen LogP contribution in [0.4, 0.5) is 5.69 Å². The summed E-state index contributed by atoms with van der Waals surface area (Å²) in [6, 6.07) is 8.35. The lowest BCUT2D eigenvalue weighted by molar-refractivity contribution is 0.270. The van der Waals surface area contributed by atoms with Crippen LogP contribution in [0.15, 0.2) is 22.7 Å². The van der Waals surface area contributed by atoms with Crippen LogP contribution >= 0.6 is 15.9 Å². The lowest BCUT2D eigenvalue weighted by Crippen LogP contribution is -2.55. The highest BCUT2D eigenvalue weighted by atomic mass is 79.9. The van der Waals surface area contributed by atoms with Gasteiger partial charge in [0, 0.05) is 36.3 Å². The highest BCUT2D eigenvalue weighted by Gasteiger charge is 2.24. The predicted octanol–water partition coefficient (Wildman–Crippen LogP) is 1.40. The van der Waals surface area contributed by atoms with Crippen LogP contribution in [0, 0.1) is 11.3 Å². The summed E-state index contributed by atoms with van der Waals surface area (Å²) in [5.41, 5.74) is 7.65. The minimum atomic E-state index is 0.337. The first-order valence-electron chi connectivity index (χ1n) is 6.00. The first kappa shape index (κ1) is 13.3. The molecular formula is C13H17BrN4. The highest BCUT2D eigenvalue weighted by Crippen LogP contribution is 2.26. The Morgan fingerprint density at radius 1 is 1.50 bits per heavy atom. The summed E-state index contributed by atoms with van der Waals surface area (Å²) >= 11 is 3.44. The molecule has 0 radical (unpaired) electrons. The average molecular weight is 309 g/mol. The normalized spacial score (nSPS) is 20.8. The molecule has 0 aromatic heterocycles. The van der Waals surface area contributed by atoms with Crippen molar-refractivity contribution in [2.24, 2.45) is 5.73 Å². The lowest BCUT2D eigenvalue weighted by atomic mass is 10.1. The van der Waals surface area contributed by atoms with Gasteiger partial charge in [-0.2, -0.15) is 5.26 Å². The van der Waals surface area contributed by atoms with Crippen LogP contribution in [-0.2, 0) is 0 Å². The molecule has 1 aliphatic rings. The van der Waals surface area contributed by atoms with Gasteiger partial charge in [0.05, 0.1) is 11.6 Å². The van der Waals surface area contributed by atoms with Crippen LogP contribution in [0.2, 0.25) is 0 Å². The van der Waals surface area contributed by atoms with Crippen LogP contribution in [0.5, 0.6) is 0 Å². The molecule has 1 aromatic carbocycles. The van der Waals surface area contributed by atoms with Crippen molar-refractivity contribution in [2.75, 3.05) is 38.1 Å². The Balaban J connectivity index is 2.25. The number of nitrogens with zero attached hydrogens (tertiary/aromatic N) is 3. The van der Waals surface area contributed by atoms with Crippen LogP contribution in [-0.4, -0.2) is 44.2 Å². The van der Waals surface area contributed by atoms with Crippen molar-refractivity contribution in [3.63, 3.8) is 0 Å². The van der Waals surface area contributed by atoms with Gasteiger partial charge in [-0.15, -0.1) is 0 Å². The zero-order valence-electron chi connectivity index (χ0n) is 10.4. The summed E-state index contributed by atoms with van der Waals surface area (Å²) in [4.78, 5) is 4.62. The van der Waals surface area contributed by atoms with E-state index < -0.39 is 0 Å². The molecule has 1 unspecified atom stereocenters. The van der Waals surface area contributed by atoms with E-state index in [1.54, 1.807) is 0 Å². The predicted molar refractivity (Wildman–Crippen MR) is 76.5 cm³/mol. The van der Waals surface area contributed by atoms with Gasteiger partial charge in [0.25, 0.3) is 0 Å². The molecule has 4 nitrogen and oxygen atoms in total. The summed E-state index contributed by atoms with van der Waals surface area (Å²) in [6.45, 7) is 3.63. The summed E-state index contributed by atoms with van der Waals surface area (Å²) in [5, 5.41) is 8.93. The van der Waals surface area contributed by atoms with Crippen molar-refractivity contribution in [3.8, 4) is 6.07 Å². The summed E-state index contributed by atoms with van der Waals surface area (Å²) < 4.78 is 0.845. The average Bonchev–Trinajstić information content (AvgIpc) is 2.38. The maximum atomic E-state index is 8.93. The monoisotopic (exact) mass is 308 g/mol. The van der Waals surface area contributed by atoms with Crippen molar-refractivity contribution < 1.29 is 0 Å². The van der Waals surface area contributed by atoms with Crippen molar-refractivity contribution in [2.45, 2.75) is 6.04 Å². The zero-order chi connectivity index (χ0) is 13.1. The number of likely N-dealkylation sites (N-methyl/N-ethyl adjacent to an activating group) is 1. The number of anilines is 1. The van der Waals surface area contributed by atoms with E-state index in [1.807, 2.05) is 18.2 Å². The number of hydrogen-bond donors (Lipinski definition) is 1. The summed E-state index contributed by atoms with van der Waals surface area (Å²) in [7, 11) is 2.12. The standard InChI is InChI=1S/C13H17BrN4/c1-17-4-5-18(12(8-16)9-17)11-3-2-10(7-15)13(14)6-11/h2-3,6,12H,4-5,8-9,16H2,1H3. The van der Waals surface area contributed by atoms with Gasteiger partial charge in [0.1, 0.15) is 6.07 Å². The fourth-order valence-electron chi connectivity index (χ4n) is 2.33. The molecule has 18 heavy (non-hydrogen) atoms. The topological polar surface area (TPSA) is 56.3 Å². The van der Waals surface area contributed by atoms with E-state index in [1.165, 1.54) is 0 Å². The molecule has 1 fully saturated rings. The Morgan fingerprint density at radius 2 is 2.28 bits per heavy atom. The van der Waals surface area contributed by atoms with Crippen LogP contribution in [0.1, 0.15) is 5.56 Å². The number of nitriles is 1. The second-order valence-corrected chi connectivity index (χ2v) is 5.48. The van der Waals surface area contributed by atoms with Crippen molar-refractivity contribution in [1.82, 2.24) is 4.90 Å². The fraction of sp³-hybridized carbons (Fsp3) is 0.462. The molecule has 0 spiro atoms. The van der Waals surface area contributed by atoms with Gasteiger partial charge in [-0.25, -0.2) is 0 Å². The first-order valence-corrected chi connectivity index (χ1v) is 6.80. The second kappa shape index (κ2) is 5.70. The molecule has 0 saturated carbocycles. The summed E-state index contributed by atoms with van der Waals surface area (Å²) in [6.07, 6.45) is 0. The Labute approximate surface area is 116 Å². The lowest BCUT2D eigenvalue weighted by Gasteiger charge is -2.41. The molecular weight excluding hydrogens is 292 g/mol. The van der Waals surface area contributed by atoms with Crippen LogP contribution in [0.25, 0.3) is 0 Å². The smallest absolute Gasteiger partial charge is 0.100 e. The SMILES string of the molecule is CN1CCN(c2ccc(C#N)c(Br)c2)C(CN)C1. The van der Waals surface area contributed by atoms with E-state index in [4.69, 9.17) is 11.0 Å². The minimum Gasteiger partial charge on any atom is -0.365 e. The highest BCUT2D eigenvalue weighted by molar-refractivity contribution is 9.10. The third-order valence-corrected chi connectivity index (χ3v) is 4.02. The Bertz CT molecular complexity index is 469. The zero-order valence-corrected chi connectivity index (χ0v) is 12.0. The largest absolute Gasteiger partial charge is 0.365 e. The van der Waals surface area contributed by atoms with Gasteiger partial charge in [-0.3, -0.25) is 0 Å². The van der Waals surface area contributed by atoms with Gasteiger partial charge < -0.3 is 15.5 Å². The molecule has 1 saturated heterocycles. The molecule has 96 valence electrons. The fourth-order valence-corrected chi connectivity index (χ4v) is 2.78. The van der Waals surface area contributed by atoms with Crippen molar-refractivity contribution in [3.05, 3.63) is 28.2 Å². The van der Waals surface area contributed by atoms with E-state index in [2.05, 4.69) is 38.8 Å². The number of halogens is 1. The molecule has 1 aromatic rings. The van der Waals surface area contributed by atoms with E-state index in [0.717, 1.165) is 29.8 Å². The molecule has 5 heteroatoms. The number of benzene rings is 1. The Morgan fingerprint density at radius 3 is 2.89 bits per heavy atom. The Hall–Kier alpha value is -1.09. The third kappa shape index (κ3) is 2.66. The summed E-state index contributed by atoms with van der Waals surface area (Å²) in [5.74, 6) is 0. The molecule has 1 aliphatic heterocycles. The number of rotatable bonds is 2. The maximum Gasteiger partial charge on any atom is 0.100 e. The van der Waals surface area contributed by atoms with Gasteiger partial charge in [0.2, 0.25) is 0 Å². The van der Waals surface area contributed by atoms with Crippen molar-refractivity contribution in [1.29, 1.82) is 5.26 Å². The number of nitrogens with two attached hydrogens (primary N) is 1. The molecule has 0 bridgehead atoms. The van der Waals surface area contributed by atoms with Gasteiger partial charge >= 0.3 is 0 Å². The first-order chi connectivity index (χ1) is 8.65. The molecule has 1 heterocycles. The van der Waals surface area contributed by atoms with Gasteiger partial charge in [-0.1, -0.05) is 0 Å². The minimum absolute atomic E-state index is 0.337. The van der Waals surface area contributed by atoms with E-state index in [-0.39, 0.29) is 0 Å². The van der Waals surface area contributed by atoms with Crippen molar-refractivity contribution >= 4 is 21.6 Å².